The number of hydrogen-bond donors (Lipinski definition) is 1. The van der Waals surface area contributed by atoms with Crippen LogP contribution in [-0.4, -0.2) is 157 Å². The van der Waals surface area contributed by atoms with Crippen molar-refractivity contribution >= 4 is 27.5 Å². The van der Waals surface area contributed by atoms with Crippen molar-refractivity contribution in [1.29, 1.82) is 0 Å². The average molecular weight is 827 g/mol. The molecule has 7 rings (SSSR count). The number of rotatable bonds is 13. The molecule has 5 fully saturated rings. The number of methoxy groups -OCH3 is 1. The first kappa shape index (κ1) is 42.5. The molecule has 2 aromatic rings. The van der Waals surface area contributed by atoms with Crippen LogP contribution in [0.5, 0.6) is 0 Å². The number of hydrogen-bond acceptors (Lipinski definition) is 9. The lowest BCUT2D eigenvalue weighted by Gasteiger charge is -2.55. The summed E-state index contributed by atoms with van der Waals surface area (Å²) in [7, 11) is 1.22. The molecule has 0 aromatic heterocycles. The molecule has 15 heteroatoms. The van der Waals surface area contributed by atoms with Crippen LogP contribution in [0.4, 0.5) is 19.3 Å². The number of nitrogens with one attached hydrogen (secondary N) is 1. The summed E-state index contributed by atoms with van der Waals surface area (Å²) < 4.78 is 69.8. The Labute approximate surface area is 342 Å². The predicted octanol–water partition coefficient (Wildman–Crippen LogP) is 4.15. The Balaban J connectivity index is 1.04. The number of carbonyl (C=O) groups is 2. The zero-order valence-electron chi connectivity index (χ0n) is 34.2. The van der Waals surface area contributed by atoms with Gasteiger partial charge in [-0.05, 0) is 112 Å². The molecular formula is C43H60F2N6O6S. The van der Waals surface area contributed by atoms with E-state index >= 15 is 8.78 Å². The number of anilines is 1. The van der Waals surface area contributed by atoms with E-state index in [1.807, 2.05) is 11.0 Å². The molecule has 3 amide bonds. The van der Waals surface area contributed by atoms with Crippen LogP contribution in [0.15, 0.2) is 60.0 Å². The van der Waals surface area contributed by atoms with Crippen molar-refractivity contribution in [3.05, 3.63) is 72.3 Å². The third kappa shape index (κ3) is 8.52. The minimum absolute atomic E-state index is 0.00559. The lowest BCUT2D eigenvalue weighted by atomic mass is 9.57. The van der Waals surface area contributed by atoms with Crippen LogP contribution < -0.4 is 10.2 Å². The molecule has 0 spiro atoms. The van der Waals surface area contributed by atoms with Crippen molar-refractivity contribution in [2.75, 3.05) is 105 Å². The van der Waals surface area contributed by atoms with Crippen LogP contribution >= 0.6 is 0 Å². The molecule has 1 N–H and O–H groups in total. The number of likely N-dealkylation sites (tertiary alicyclic amines) is 2. The number of urea groups is 1. The van der Waals surface area contributed by atoms with Crippen molar-refractivity contribution < 1.29 is 36.3 Å². The van der Waals surface area contributed by atoms with Crippen molar-refractivity contribution in [2.45, 2.75) is 65.7 Å². The summed E-state index contributed by atoms with van der Waals surface area (Å²) >= 11 is 0. The number of piperidine rings is 1. The fourth-order valence-electron chi connectivity index (χ4n) is 10.4. The third-order valence-corrected chi connectivity index (χ3v) is 15.7. The van der Waals surface area contributed by atoms with E-state index in [0.29, 0.717) is 25.3 Å². The summed E-state index contributed by atoms with van der Waals surface area (Å²) in [5.74, 6) is -0.818. The fourth-order valence-corrected chi connectivity index (χ4v) is 11.9. The van der Waals surface area contributed by atoms with Gasteiger partial charge in [-0.15, -0.1) is 0 Å². The molecule has 4 aliphatic heterocycles. The first-order valence-corrected chi connectivity index (χ1v) is 22.3. The summed E-state index contributed by atoms with van der Waals surface area (Å²) in [4.78, 5) is 34.9. The molecule has 1 unspecified atom stereocenters. The highest BCUT2D eigenvalue weighted by Gasteiger charge is 2.54. The minimum Gasteiger partial charge on any atom is -0.378 e. The Bertz CT molecular complexity index is 1920. The van der Waals surface area contributed by atoms with Crippen molar-refractivity contribution in [1.82, 2.24) is 24.9 Å². The Morgan fingerprint density at radius 1 is 1.02 bits per heavy atom. The highest BCUT2D eigenvalue weighted by Crippen LogP contribution is 2.52. The van der Waals surface area contributed by atoms with Gasteiger partial charge in [-0.1, -0.05) is 25.1 Å². The number of ether oxygens (including phenoxy) is 2. The number of carbonyl (C=O) groups excluding carboxylic acids is 2. The summed E-state index contributed by atoms with van der Waals surface area (Å²) in [6.07, 6.45) is 7.01. The number of amides is 3. The summed E-state index contributed by atoms with van der Waals surface area (Å²) in [6.45, 7) is 9.91. The predicted molar refractivity (Wildman–Crippen MR) is 219 cm³/mol. The van der Waals surface area contributed by atoms with Crippen molar-refractivity contribution in [2.24, 2.45) is 11.8 Å². The van der Waals surface area contributed by atoms with E-state index in [4.69, 9.17) is 9.47 Å². The highest BCUT2D eigenvalue weighted by molar-refractivity contribution is 7.92. The second-order valence-electron chi connectivity index (χ2n) is 17.3. The van der Waals surface area contributed by atoms with Gasteiger partial charge in [0.05, 0.1) is 36.9 Å². The summed E-state index contributed by atoms with van der Waals surface area (Å²) in [5.41, 5.74) is 0.464. The molecule has 318 valence electrons. The van der Waals surface area contributed by atoms with Gasteiger partial charge in [0, 0.05) is 58.8 Å². The van der Waals surface area contributed by atoms with Crippen LogP contribution in [0.2, 0.25) is 0 Å². The average Bonchev–Trinajstić information content (AvgIpc) is 3.49. The zero-order valence-corrected chi connectivity index (χ0v) is 35.0. The van der Waals surface area contributed by atoms with Gasteiger partial charge in [0.2, 0.25) is 5.91 Å². The molecule has 1 aliphatic carbocycles. The van der Waals surface area contributed by atoms with Crippen LogP contribution in [0, 0.1) is 23.5 Å². The minimum atomic E-state index is -4.00. The van der Waals surface area contributed by atoms with Crippen LogP contribution in [-0.2, 0) is 29.5 Å². The first-order chi connectivity index (χ1) is 27.8. The van der Waals surface area contributed by atoms with E-state index in [1.165, 1.54) is 23.1 Å². The Morgan fingerprint density at radius 3 is 2.41 bits per heavy atom. The number of benzene rings is 2. The molecular weight excluding hydrogens is 767 g/mol. The largest absolute Gasteiger partial charge is 0.378 e. The topological polar surface area (TPSA) is 115 Å². The smallest absolute Gasteiger partial charge is 0.317 e. The third-order valence-electron chi connectivity index (χ3n) is 13.7. The molecule has 4 saturated heterocycles. The Kier molecular flexibility index (Phi) is 12.8. The van der Waals surface area contributed by atoms with Crippen LogP contribution in [0.25, 0.3) is 0 Å². The van der Waals surface area contributed by atoms with Gasteiger partial charge in [-0.2, -0.15) is 0 Å². The van der Waals surface area contributed by atoms with E-state index in [-0.39, 0.29) is 72.2 Å². The van der Waals surface area contributed by atoms with E-state index in [1.54, 1.807) is 32.2 Å². The second-order valence-corrected chi connectivity index (χ2v) is 19.5. The summed E-state index contributed by atoms with van der Waals surface area (Å²) in [5, 5.41) is 2.32. The highest BCUT2D eigenvalue weighted by atomic mass is 32.2. The van der Waals surface area contributed by atoms with Crippen molar-refractivity contribution in [3.8, 4) is 0 Å². The molecule has 58 heavy (non-hydrogen) atoms. The second kappa shape index (κ2) is 17.5. The van der Waals surface area contributed by atoms with Gasteiger partial charge < -0.3 is 39.3 Å². The lowest BCUT2D eigenvalue weighted by molar-refractivity contribution is -0.126. The van der Waals surface area contributed by atoms with Gasteiger partial charge in [0.15, 0.2) is 9.84 Å². The number of sulfone groups is 1. The van der Waals surface area contributed by atoms with Gasteiger partial charge in [0.1, 0.15) is 22.5 Å². The Morgan fingerprint density at radius 2 is 1.78 bits per heavy atom. The van der Waals surface area contributed by atoms with Gasteiger partial charge in [-0.3, -0.25) is 4.79 Å². The number of halogens is 2. The van der Waals surface area contributed by atoms with E-state index in [9.17, 15) is 18.0 Å². The molecule has 1 saturated carbocycles. The number of nitrogens with zero attached hydrogens (tertiary/aromatic N) is 5. The van der Waals surface area contributed by atoms with Crippen LogP contribution in [0.3, 0.4) is 0 Å². The standard InChI is InChI=1S/C43H60F2N6O6S/c1-5-40(52)50-21-22-57-26-35(25-50)58(54,55)34-13-14-39(37(45)24-34)51-28-42(29-51,56-4)27-49-19-15-31(16-20-49)43(30-48-17-8-18-48,32-9-6-10-33(44)23-32)36-11-7-12-38(36)46-41(53)47(2)3/h5-6,9-10,13-14,23-24,31,35-36,38H,1,7-8,11-12,15-22,25-30H2,2-4H3,(H,46,53)/t35-,36+,38+,43?/m1/s1. The molecule has 2 aromatic carbocycles. The van der Waals surface area contributed by atoms with Gasteiger partial charge in [0.25, 0.3) is 0 Å². The lowest BCUT2D eigenvalue weighted by Crippen LogP contribution is -2.68. The molecule has 4 atom stereocenters. The maximum Gasteiger partial charge on any atom is 0.317 e. The fraction of sp³-hybridized carbons (Fsp3) is 0.628. The monoisotopic (exact) mass is 826 g/mol. The maximum absolute atomic E-state index is 15.8. The van der Waals surface area contributed by atoms with E-state index in [2.05, 4.69) is 27.8 Å². The molecule has 12 nitrogen and oxygen atoms in total. The van der Waals surface area contributed by atoms with E-state index in [0.717, 1.165) is 89.0 Å². The van der Waals surface area contributed by atoms with E-state index < -0.39 is 26.5 Å². The zero-order chi connectivity index (χ0) is 41.2. The van der Waals surface area contributed by atoms with Gasteiger partial charge in [-0.25, -0.2) is 22.0 Å². The maximum atomic E-state index is 15.8. The SMILES string of the molecule is C=CC(=O)N1CCOC[C@H](S(=O)(=O)c2ccc(N3CC(CN4CCC(C(CN5CCC5)(c5cccc(F)c5)[C@H]5CCC[C@@H]5NC(=O)N(C)C)CC4)(OC)C3)c(F)c2)C1. The quantitative estimate of drug-likeness (QED) is 0.298. The Hall–Kier alpha value is -3.63. The molecule has 0 bridgehead atoms. The molecule has 4 heterocycles. The summed E-state index contributed by atoms with van der Waals surface area (Å²) in [6, 6.07) is 11.1. The normalized spacial score (nSPS) is 25.6. The van der Waals surface area contributed by atoms with Gasteiger partial charge >= 0.3 is 6.03 Å². The van der Waals surface area contributed by atoms with Crippen molar-refractivity contribution in [3.63, 3.8) is 0 Å². The first-order valence-electron chi connectivity index (χ1n) is 20.8. The molecule has 5 aliphatic rings. The van der Waals surface area contributed by atoms with Crippen LogP contribution in [0.1, 0.15) is 44.1 Å². The molecule has 0 radical (unpaired) electrons.